The Kier molecular flexibility index (Phi) is 8.03. The summed E-state index contributed by atoms with van der Waals surface area (Å²) < 4.78 is 11.6. The Morgan fingerprint density at radius 2 is 1.91 bits per heavy atom. The number of ether oxygens (including phenoxy) is 1. The molecule has 0 radical (unpaired) electrons. The molecule has 2 aromatic rings. The van der Waals surface area contributed by atoms with Crippen LogP contribution in [0.1, 0.15) is 59.1 Å². The maximum absolute atomic E-state index is 10.1. The minimum Gasteiger partial charge on any atom is -0.488 e. The Morgan fingerprint density at radius 1 is 1.18 bits per heavy atom. The predicted molar refractivity (Wildman–Crippen MR) is 92.5 cm³/mol. The van der Waals surface area contributed by atoms with Crippen molar-refractivity contribution in [1.82, 2.24) is 0 Å². The van der Waals surface area contributed by atoms with Crippen molar-refractivity contribution in [2.24, 2.45) is 0 Å². The topological polar surface area (TPSA) is 42.6 Å². The van der Waals surface area contributed by atoms with Crippen molar-refractivity contribution in [3.8, 4) is 5.75 Å². The average Bonchev–Trinajstić information content (AvgIpc) is 2.91. The third-order valence-electron chi connectivity index (χ3n) is 3.59. The molecule has 0 aliphatic carbocycles. The molecule has 3 heteroatoms. The van der Waals surface area contributed by atoms with Gasteiger partial charge in [-0.1, -0.05) is 34.1 Å². The number of aliphatic hydroxyl groups is 1. The first-order valence-corrected chi connectivity index (χ1v) is 8.49. The van der Waals surface area contributed by atoms with E-state index < -0.39 is 6.10 Å². The van der Waals surface area contributed by atoms with Crippen LogP contribution in [0.5, 0.6) is 5.75 Å². The van der Waals surface area contributed by atoms with Crippen LogP contribution < -0.4 is 4.74 Å². The van der Waals surface area contributed by atoms with Crippen LogP contribution in [0.2, 0.25) is 0 Å². The van der Waals surface area contributed by atoms with Crippen LogP contribution in [0.4, 0.5) is 0 Å². The molecule has 2 atom stereocenters. The van der Waals surface area contributed by atoms with Gasteiger partial charge in [0.25, 0.3) is 0 Å². The molecule has 0 amide bonds. The molecule has 1 heterocycles. The largest absolute Gasteiger partial charge is 0.488 e. The zero-order valence-corrected chi connectivity index (χ0v) is 14.6. The van der Waals surface area contributed by atoms with Gasteiger partial charge in [-0.3, -0.25) is 0 Å². The fourth-order valence-electron chi connectivity index (χ4n) is 2.40. The molecule has 124 valence electrons. The number of unbranched alkanes of at least 4 members (excludes halogenated alkanes) is 1. The second-order valence-electron chi connectivity index (χ2n) is 5.33. The molecule has 0 aliphatic heterocycles. The number of furan rings is 1. The molecule has 1 aromatic carbocycles. The second-order valence-corrected chi connectivity index (χ2v) is 5.33. The molecule has 2 rings (SSSR count). The summed E-state index contributed by atoms with van der Waals surface area (Å²) in [4.78, 5) is 0. The standard InChI is InChI=1S/C17H24O3.C2H6/c1-4-6-7-17(15(18)5-2)20-14-8-9-16-13(11-14)10-12(3)19-16;1-2/h8-11,15,17-18H,4-7H2,1-3H3;1-2H3. The summed E-state index contributed by atoms with van der Waals surface area (Å²) in [5, 5.41) is 11.1. The molecule has 2 unspecified atom stereocenters. The maximum atomic E-state index is 10.1. The van der Waals surface area contributed by atoms with E-state index in [0.29, 0.717) is 6.42 Å². The highest BCUT2D eigenvalue weighted by molar-refractivity contribution is 5.79. The Bertz CT molecular complexity index is 545. The maximum Gasteiger partial charge on any atom is 0.134 e. The second kappa shape index (κ2) is 9.52. The number of rotatable bonds is 7. The van der Waals surface area contributed by atoms with Gasteiger partial charge in [0.05, 0.1) is 6.10 Å². The molecule has 3 nitrogen and oxygen atoms in total. The average molecular weight is 306 g/mol. The summed E-state index contributed by atoms with van der Waals surface area (Å²) in [5.74, 6) is 1.69. The van der Waals surface area contributed by atoms with E-state index in [1.54, 1.807) is 0 Å². The number of fused-ring (bicyclic) bond motifs is 1. The molecule has 0 saturated heterocycles. The number of hydrogen-bond acceptors (Lipinski definition) is 3. The summed E-state index contributed by atoms with van der Waals surface area (Å²) in [6, 6.07) is 7.81. The lowest BCUT2D eigenvalue weighted by Gasteiger charge is -2.23. The van der Waals surface area contributed by atoms with Gasteiger partial charge in [-0.2, -0.15) is 0 Å². The van der Waals surface area contributed by atoms with Gasteiger partial charge in [0.15, 0.2) is 0 Å². The Morgan fingerprint density at radius 3 is 2.55 bits per heavy atom. The first kappa shape index (κ1) is 18.6. The zero-order chi connectivity index (χ0) is 16.5. The van der Waals surface area contributed by atoms with Crippen molar-refractivity contribution < 1.29 is 14.3 Å². The number of hydrogen-bond donors (Lipinski definition) is 1. The summed E-state index contributed by atoms with van der Waals surface area (Å²) in [6.07, 6.45) is 3.22. The normalized spacial score (nSPS) is 13.4. The minimum atomic E-state index is -0.414. The van der Waals surface area contributed by atoms with Gasteiger partial charge in [0.2, 0.25) is 0 Å². The van der Waals surface area contributed by atoms with E-state index in [9.17, 15) is 5.11 Å². The van der Waals surface area contributed by atoms with Crippen LogP contribution in [0.3, 0.4) is 0 Å². The summed E-state index contributed by atoms with van der Waals surface area (Å²) in [5.41, 5.74) is 0.871. The summed E-state index contributed by atoms with van der Waals surface area (Å²) >= 11 is 0. The van der Waals surface area contributed by atoms with Crippen molar-refractivity contribution in [2.75, 3.05) is 0 Å². The van der Waals surface area contributed by atoms with Gasteiger partial charge in [-0.15, -0.1) is 0 Å². The van der Waals surface area contributed by atoms with Gasteiger partial charge < -0.3 is 14.3 Å². The van der Waals surface area contributed by atoms with Gasteiger partial charge >= 0.3 is 0 Å². The molecular weight excluding hydrogens is 276 g/mol. The molecule has 0 spiro atoms. The summed E-state index contributed by atoms with van der Waals surface area (Å²) in [6.45, 7) is 10.1. The van der Waals surface area contributed by atoms with E-state index in [0.717, 1.165) is 41.7 Å². The monoisotopic (exact) mass is 306 g/mol. The Balaban J connectivity index is 0.00000116. The third-order valence-corrected chi connectivity index (χ3v) is 3.59. The van der Waals surface area contributed by atoms with E-state index in [4.69, 9.17) is 9.15 Å². The van der Waals surface area contributed by atoms with Crippen molar-refractivity contribution >= 4 is 11.0 Å². The van der Waals surface area contributed by atoms with Crippen LogP contribution >= 0.6 is 0 Å². The molecule has 0 saturated carbocycles. The highest BCUT2D eigenvalue weighted by atomic mass is 16.5. The molecular formula is C19H30O3. The number of benzene rings is 1. The summed E-state index contributed by atoms with van der Waals surface area (Å²) in [7, 11) is 0. The molecule has 0 aliphatic rings. The zero-order valence-electron chi connectivity index (χ0n) is 14.6. The lowest BCUT2D eigenvalue weighted by Crippen LogP contribution is -2.31. The lowest BCUT2D eigenvalue weighted by molar-refractivity contribution is 0.0280. The number of aliphatic hydroxyl groups excluding tert-OH is 1. The highest BCUT2D eigenvalue weighted by Crippen LogP contribution is 2.26. The SMILES string of the molecule is CC.CCCCC(Oc1ccc2oc(C)cc2c1)C(O)CC. The van der Waals surface area contributed by atoms with E-state index >= 15 is 0 Å². The van der Waals surface area contributed by atoms with Gasteiger partial charge in [-0.05, 0) is 50.5 Å². The first-order chi connectivity index (χ1) is 10.6. The van der Waals surface area contributed by atoms with Crippen LogP contribution in [0, 0.1) is 6.92 Å². The van der Waals surface area contributed by atoms with Crippen LogP contribution in [0.15, 0.2) is 28.7 Å². The molecule has 1 aromatic heterocycles. The van der Waals surface area contributed by atoms with Gasteiger partial charge in [0, 0.05) is 5.39 Å². The molecule has 1 N–H and O–H groups in total. The first-order valence-electron chi connectivity index (χ1n) is 8.49. The van der Waals surface area contributed by atoms with E-state index in [2.05, 4.69) is 6.92 Å². The van der Waals surface area contributed by atoms with Crippen LogP contribution in [0.25, 0.3) is 11.0 Å². The molecule has 22 heavy (non-hydrogen) atoms. The van der Waals surface area contributed by atoms with Gasteiger partial charge in [0.1, 0.15) is 23.2 Å². The lowest BCUT2D eigenvalue weighted by atomic mass is 10.1. The fourth-order valence-corrected chi connectivity index (χ4v) is 2.40. The molecule has 0 bridgehead atoms. The van der Waals surface area contributed by atoms with Crippen molar-refractivity contribution in [3.05, 3.63) is 30.0 Å². The van der Waals surface area contributed by atoms with E-state index in [1.807, 2.05) is 52.0 Å². The quantitative estimate of drug-likeness (QED) is 0.737. The van der Waals surface area contributed by atoms with Crippen LogP contribution in [-0.4, -0.2) is 17.3 Å². The van der Waals surface area contributed by atoms with Crippen molar-refractivity contribution in [1.29, 1.82) is 0 Å². The Labute approximate surface area is 134 Å². The predicted octanol–water partition coefficient (Wildman–Crippen LogP) is 5.48. The Hall–Kier alpha value is -1.48. The number of aryl methyl sites for hydroxylation is 1. The third kappa shape index (κ3) is 5.06. The van der Waals surface area contributed by atoms with E-state index in [1.165, 1.54) is 0 Å². The highest BCUT2D eigenvalue weighted by Gasteiger charge is 2.19. The smallest absolute Gasteiger partial charge is 0.134 e. The molecule has 0 fully saturated rings. The van der Waals surface area contributed by atoms with Crippen LogP contribution in [-0.2, 0) is 0 Å². The fraction of sp³-hybridized carbons (Fsp3) is 0.579. The van der Waals surface area contributed by atoms with Gasteiger partial charge in [-0.25, -0.2) is 0 Å². The minimum absolute atomic E-state index is 0.134. The van der Waals surface area contributed by atoms with Crippen molar-refractivity contribution in [3.63, 3.8) is 0 Å². The van der Waals surface area contributed by atoms with Crippen molar-refractivity contribution in [2.45, 2.75) is 72.5 Å². The van der Waals surface area contributed by atoms with E-state index in [-0.39, 0.29) is 6.10 Å².